The lowest BCUT2D eigenvalue weighted by Gasteiger charge is -2.38. The van der Waals surface area contributed by atoms with Gasteiger partial charge in [0.2, 0.25) is 5.91 Å². The molecule has 4 heteroatoms. The van der Waals surface area contributed by atoms with Crippen molar-refractivity contribution in [2.75, 3.05) is 20.3 Å². The van der Waals surface area contributed by atoms with Crippen LogP contribution in [0.4, 0.5) is 0 Å². The molecule has 0 bridgehead atoms. The molecule has 0 spiro atoms. The number of quaternary nitrogens is 1. The van der Waals surface area contributed by atoms with E-state index >= 15 is 0 Å². The van der Waals surface area contributed by atoms with Crippen LogP contribution in [-0.2, 0) is 4.79 Å². The van der Waals surface area contributed by atoms with Gasteiger partial charge in [-0.1, -0.05) is 77.4 Å². The average Bonchev–Trinajstić information content (AvgIpc) is 2.63. The Balaban J connectivity index is 3.35. The van der Waals surface area contributed by atoms with Gasteiger partial charge in [0.05, 0.1) is 13.6 Å². The van der Waals surface area contributed by atoms with Crippen LogP contribution in [0.15, 0.2) is 12.2 Å². The highest BCUT2D eigenvalue weighted by Gasteiger charge is 2.10. The topological polar surface area (TPSA) is 52.2 Å². The molecule has 0 aliphatic rings. The highest BCUT2D eigenvalue weighted by Crippen LogP contribution is 2.10. The number of nitrogens with zero attached hydrogens (tertiary/aromatic N) is 1. The summed E-state index contributed by atoms with van der Waals surface area (Å²) in [6, 6.07) is 0. The number of carbonyl (C=O) groups excluding carboxylic acids is 1. The van der Waals surface area contributed by atoms with Gasteiger partial charge in [0.25, 0.3) is 0 Å². The van der Waals surface area contributed by atoms with Crippen molar-refractivity contribution in [3.8, 4) is 0 Å². The molecule has 1 atom stereocenters. The molecule has 0 aliphatic carbocycles. The third kappa shape index (κ3) is 19.7. The molecule has 0 aromatic rings. The minimum Gasteiger partial charge on any atom is -0.632 e. The van der Waals surface area contributed by atoms with E-state index in [9.17, 15) is 10.0 Å². The first-order valence-electron chi connectivity index (χ1n) is 11.5. The van der Waals surface area contributed by atoms with Gasteiger partial charge in [-0.05, 0) is 38.5 Å². The van der Waals surface area contributed by atoms with E-state index in [0.717, 1.165) is 19.3 Å². The van der Waals surface area contributed by atoms with E-state index in [0.29, 0.717) is 13.0 Å². The van der Waals surface area contributed by atoms with Gasteiger partial charge in [0.15, 0.2) is 6.67 Å². The summed E-state index contributed by atoms with van der Waals surface area (Å²) in [7, 11) is 1.62. The molecular weight excluding hydrogens is 336 g/mol. The average molecular weight is 383 g/mol. The van der Waals surface area contributed by atoms with Crippen LogP contribution in [0, 0.1) is 5.21 Å². The Labute approximate surface area is 169 Å². The van der Waals surface area contributed by atoms with Crippen LogP contribution in [0.25, 0.3) is 0 Å². The van der Waals surface area contributed by atoms with Gasteiger partial charge in [0.1, 0.15) is 0 Å². The van der Waals surface area contributed by atoms with Gasteiger partial charge in [-0.2, -0.15) is 0 Å². The summed E-state index contributed by atoms with van der Waals surface area (Å²) < 4.78 is -0.380. The number of rotatable bonds is 19. The van der Waals surface area contributed by atoms with Crippen LogP contribution in [0.3, 0.4) is 0 Å². The summed E-state index contributed by atoms with van der Waals surface area (Å²) >= 11 is 0. The molecular formula is C23H46N2O2. The largest absolute Gasteiger partial charge is 0.632 e. The molecule has 0 radical (unpaired) electrons. The van der Waals surface area contributed by atoms with Crippen molar-refractivity contribution in [1.82, 2.24) is 5.32 Å². The first-order valence-corrected chi connectivity index (χ1v) is 11.5. The summed E-state index contributed by atoms with van der Waals surface area (Å²) in [6.45, 7) is 4.99. The number of nitrogens with one attached hydrogen (secondary N) is 1. The Hall–Kier alpha value is -0.870. The van der Waals surface area contributed by atoms with E-state index in [4.69, 9.17) is 0 Å². The predicted molar refractivity (Wildman–Crippen MR) is 117 cm³/mol. The van der Waals surface area contributed by atoms with Crippen molar-refractivity contribution < 1.29 is 9.44 Å². The summed E-state index contributed by atoms with van der Waals surface area (Å²) in [4.78, 5) is 11.8. The second-order valence-electron chi connectivity index (χ2n) is 8.11. The van der Waals surface area contributed by atoms with Crippen LogP contribution in [0.5, 0.6) is 0 Å². The first-order chi connectivity index (χ1) is 13.0. The number of unbranched alkanes of at least 4 members (excludes halogenated alkanes) is 11. The number of hydrogen-bond donors (Lipinski definition) is 1. The second-order valence-corrected chi connectivity index (χ2v) is 8.11. The molecule has 1 N–H and O–H groups in total. The number of carbonyl (C=O) groups is 1. The maximum Gasteiger partial charge on any atom is 0.224 e. The van der Waals surface area contributed by atoms with E-state index in [1.807, 2.05) is 6.92 Å². The monoisotopic (exact) mass is 382 g/mol. The highest BCUT2D eigenvalue weighted by molar-refractivity contribution is 5.75. The summed E-state index contributed by atoms with van der Waals surface area (Å²) in [5.41, 5.74) is 0. The Bertz CT molecular complexity index is 367. The van der Waals surface area contributed by atoms with Crippen molar-refractivity contribution in [2.45, 2.75) is 110 Å². The Morgan fingerprint density at radius 1 is 0.815 bits per heavy atom. The normalized spacial score (nSPS) is 13.8. The van der Waals surface area contributed by atoms with E-state index in [1.165, 1.54) is 70.6 Å². The fraction of sp³-hybridized carbons (Fsp3) is 0.870. The minimum atomic E-state index is -0.380. The number of amides is 1. The first kappa shape index (κ1) is 26.1. The molecule has 0 aromatic heterocycles. The molecule has 0 rings (SSSR count). The maximum atomic E-state index is 11.9. The Morgan fingerprint density at radius 3 is 1.89 bits per heavy atom. The van der Waals surface area contributed by atoms with Crippen LogP contribution >= 0.6 is 0 Å². The highest BCUT2D eigenvalue weighted by atomic mass is 16.5. The van der Waals surface area contributed by atoms with Crippen molar-refractivity contribution in [3.63, 3.8) is 0 Å². The van der Waals surface area contributed by atoms with Crippen molar-refractivity contribution in [3.05, 3.63) is 17.4 Å². The van der Waals surface area contributed by atoms with E-state index in [-0.39, 0.29) is 17.2 Å². The van der Waals surface area contributed by atoms with Gasteiger partial charge in [-0.15, -0.1) is 0 Å². The molecule has 160 valence electrons. The maximum absolute atomic E-state index is 11.9. The summed E-state index contributed by atoms with van der Waals surface area (Å²) in [6.07, 6.45) is 22.5. The molecule has 27 heavy (non-hydrogen) atoms. The quantitative estimate of drug-likeness (QED) is 0.0917. The van der Waals surface area contributed by atoms with E-state index in [2.05, 4.69) is 24.4 Å². The molecule has 0 fully saturated rings. The van der Waals surface area contributed by atoms with Gasteiger partial charge < -0.3 is 15.2 Å². The van der Waals surface area contributed by atoms with Gasteiger partial charge in [0, 0.05) is 6.42 Å². The smallest absolute Gasteiger partial charge is 0.224 e. The summed E-state index contributed by atoms with van der Waals surface area (Å²) in [5.74, 6) is 0.0175. The van der Waals surface area contributed by atoms with E-state index in [1.54, 1.807) is 7.05 Å². The number of hydrogen-bond acceptors (Lipinski definition) is 2. The zero-order chi connectivity index (χ0) is 20.2. The Morgan fingerprint density at radius 2 is 1.33 bits per heavy atom. The Kier molecular flexibility index (Phi) is 17.9. The molecule has 1 unspecified atom stereocenters. The number of hydroxylamine groups is 3. The summed E-state index contributed by atoms with van der Waals surface area (Å²) in [5, 5.41) is 14.7. The zero-order valence-corrected chi connectivity index (χ0v) is 18.4. The second kappa shape index (κ2) is 18.5. The molecule has 4 nitrogen and oxygen atoms in total. The lowest BCUT2D eigenvalue weighted by atomic mass is 10.1. The van der Waals surface area contributed by atoms with Crippen LogP contribution in [0.1, 0.15) is 110 Å². The lowest BCUT2D eigenvalue weighted by molar-refractivity contribution is -0.862. The van der Waals surface area contributed by atoms with Crippen molar-refractivity contribution >= 4 is 5.91 Å². The molecule has 0 saturated carbocycles. The van der Waals surface area contributed by atoms with Gasteiger partial charge in [-0.3, -0.25) is 4.79 Å². The van der Waals surface area contributed by atoms with E-state index < -0.39 is 0 Å². The van der Waals surface area contributed by atoms with Crippen molar-refractivity contribution in [1.29, 1.82) is 0 Å². The SMILES string of the molecule is CCCCCCCC/C=C\CCCCCCCC(=O)NC[N+](C)([O-])CCC. The molecule has 0 aliphatic heterocycles. The third-order valence-corrected chi connectivity index (χ3v) is 4.97. The molecule has 0 saturated heterocycles. The van der Waals surface area contributed by atoms with Crippen LogP contribution < -0.4 is 5.32 Å². The van der Waals surface area contributed by atoms with Crippen molar-refractivity contribution in [2.24, 2.45) is 0 Å². The zero-order valence-electron chi connectivity index (χ0n) is 18.4. The number of allylic oxidation sites excluding steroid dienone is 2. The predicted octanol–water partition coefficient (Wildman–Crippen LogP) is 6.45. The lowest BCUT2D eigenvalue weighted by Crippen LogP contribution is -2.47. The van der Waals surface area contributed by atoms with Crippen LogP contribution in [-0.4, -0.2) is 30.8 Å². The van der Waals surface area contributed by atoms with Gasteiger partial charge in [-0.25, -0.2) is 0 Å². The molecule has 0 aromatic carbocycles. The third-order valence-electron chi connectivity index (χ3n) is 4.97. The fourth-order valence-corrected chi connectivity index (χ4v) is 3.25. The fourth-order valence-electron chi connectivity index (χ4n) is 3.25. The van der Waals surface area contributed by atoms with Crippen LogP contribution in [0.2, 0.25) is 0 Å². The molecule has 1 amide bonds. The van der Waals surface area contributed by atoms with Gasteiger partial charge >= 0.3 is 0 Å². The standard InChI is InChI=1S/C23H46N2O2/c1-4-6-7-8-9-10-11-12-13-14-15-16-17-18-19-20-23(26)24-22-25(3,27)21-5-2/h12-13H,4-11,14-22H2,1-3H3,(H,24,26)/b13-12-. The molecule has 0 heterocycles. The minimum absolute atomic E-state index is 0.0175.